The van der Waals surface area contributed by atoms with Crippen molar-refractivity contribution in [1.29, 1.82) is 0 Å². The molecule has 1 aromatic rings. The number of benzene rings is 1. The zero-order valence-electron chi connectivity index (χ0n) is 15.8. The molecule has 3 rings (SSSR count). The Morgan fingerprint density at radius 2 is 1.77 bits per heavy atom. The number of ether oxygens (including phenoxy) is 1. The molecule has 2 fully saturated rings. The number of rotatable bonds is 4. The van der Waals surface area contributed by atoms with E-state index >= 15 is 0 Å². The van der Waals surface area contributed by atoms with Gasteiger partial charge in [-0.25, -0.2) is 4.79 Å². The Labute approximate surface area is 155 Å². The van der Waals surface area contributed by atoms with Crippen LogP contribution in [-0.2, 0) is 6.42 Å². The molecule has 0 atom stereocenters. The molecule has 6 nitrogen and oxygen atoms in total. The van der Waals surface area contributed by atoms with Crippen molar-refractivity contribution >= 4 is 11.9 Å². The summed E-state index contributed by atoms with van der Waals surface area (Å²) in [4.78, 5) is 28.8. The lowest BCUT2D eigenvalue weighted by Gasteiger charge is -2.35. The second-order valence-corrected chi connectivity index (χ2v) is 7.09. The Bertz CT molecular complexity index is 648. The monoisotopic (exact) mass is 359 g/mol. The van der Waals surface area contributed by atoms with Gasteiger partial charge in [-0.1, -0.05) is 19.8 Å². The molecule has 1 aliphatic carbocycles. The topological polar surface area (TPSA) is 61.9 Å². The third-order valence-corrected chi connectivity index (χ3v) is 5.45. The fourth-order valence-corrected chi connectivity index (χ4v) is 3.82. The lowest BCUT2D eigenvalue weighted by atomic mass is 10.1. The molecule has 1 heterocycles. The fourth-order valence-electron chi connectivity index (χ4n) is 3.82. The van der Waals surface area contributed by atoms with Gasteiger partial charge in [0, 0.05) is 37.8 Å². The molecule has 1 saturated heterocycles. The van der Waals surface area contributed by atoms with Gasteiger partial charge in [0.1, 0.15) is 5.75 Å². The minimum absolute atomic E-state index is 0.0155. The summed E-state index contributed by atoms with van der Waals surface area (Å²) < 4.78 is 5.34. The molecule has 26 heavy (non-hydrogen) atoms. The summed E-state index contributed by atoms with van der Waals surface area (Å²) in [5.41, 5.74) is 1.72. The highest BCUT2D eigenvalue weighted by atomic mass is 16.5. The Hall–Kier alpha value is -2.24. The Balaban J connectivity index is 1.55. The number of amides is 3. The van der Waals surface area contributed by atoms with Gasteiger partial charge < -0.3 is 19.9 Å². The van der Waals surface area contributed by atoms with Gasteiger partial charge in [0.25, 0.3) is 5.91 Å². The van der Waals surface area contributed by atoms with E-state index in [9.17, 15) is 9.59 Å². The van der Waals surface area contributed by atoms with Gasteiger partial charge in [0.15, 0.2) is 0 Å². The first-order valence-electron chi connectivity index (χ1n) is 9.64. The normalized spacial score (nSPS) is 18.1. The van der Waals surface area contributed by atoms with Crippen molar-refractivity contribution < 1.29 is 14.3 Å². The van der Waals surface area contributed by atoms with E-state index in [-0.39, 0.29) is 11.9 Å². The number of aryl methyl sites for hydroxylation is 1. The van der Waals surface area contributed by atoms with E-state index < -0.39 is 0 Å². The van der Waals surface area contributed by atoms with Gasteiger partial charge in [-0.15, -0.1) is 0 Å². The SMILES string of the molecule is CCc1cc(C(=O)N2CCN(C(=O)NC3CCCC3)CC2)ccc1OC. The van der Waals surface area contributed by atoms with Gasteiger partial charge in [0.05, 0.1) is 7.11 Å². The molecule has 1 aliphatic heterocycles. The van der Waals surface area contributed by atoms with Gasteiger partial charge >= 0.3 is 6.03 Å². The highest BCUT2D eigenvalue weighted by Gasteiger charge is 2.27. The molecule has 0 unspecified atom stereocenters. The van der Waals surface area contributed by atoms with Crippen LogP contribution in [0.25, 0.3) is 0 Å². The van der Waals surface area contributed by atoms with Crippen LogP contribution >= 0.6 is 0 Å². The van der Waals surface area contributed by atoms with Crippen molar-refractivity contribution in [3.05, 3.63) is 29.3 Å². The van der Waals surface area contributed by atoms with Crippen molar-refractivity contribution in [2.45, 2.75) is 45.1 Å². The number of piperazine rings is 1. The molecule has 6 heteroatoms. The lowest BCUT2D eigenvalue weighted by Crippen LogP contribution is -2.54. The first-order valence-corrected chi connectivity index (χ1v) is 9.64. The van der Waals surface area contributed by atoms with Crippen molar-refractivity contribution in [1.82, 2.24) is 15.1 Å². The van der Waals surface area contributed by atoms with E-state index in [0.29, 0.717) is 37.8 Å². The smallest absolute Gasteiger partial charge is 0.317 e. The van der Waals surface area contributed by atoms with Crippen LogP contribution in [0.15, 0.2) is 18.2 Å². The summed E-state index contributed by atoms with van der Waals surface area (Å²) in [7, 11) is 1.64. The number of carbonyl (C=O) groups excluding carboxylic acids is 2. The van der Waals surface area contributed by atoms with E-state index in [1.54, 1.807) is 7.11 Å². The molecule has 0 spiro atoms. The minimum atomic E-state index is 0.0155. The maximum absolute atomic E-state index is 12.8. The maximum Gasteiger partial charge on any atom is 0.317 e. The predicted octanol–water partition coefficient (Wildman–Crippen LogP) is 2.67. The number of hydrogen-bond donors (Lipinski definition) is 1. The van der Waals surface area contributed by atoms with Crippen LogP contribution in [-0.4, -0.2) is 61.1 Å². The molecule has 1 aromatic carbocycles. The Kier molecular flexibility index (Phi) is 6.01. The highest BCUT2D eigenvalue weighted by molar-refractivity contribution is 5.94. The second kappa shape index (κ2) is 8.43. The van der Waals surface area contributed by atoms with Crippen LogP contribution in [0.4, 0.5) is 4.79 Å². The molecule has 0 bridgehead atoms. The standard InChI is InChI=1S/C20H29N3O3/c1-3-15-14-16(8-9-18(15)26-2)19(24)22-10-12-23(13-11-22)20(25)21-17-6-4-5-7-17/h8-9,14,17H,3-7,10-13H2,1-2H3,(H,21,25). The number of urea groups is 1. The third kappa shape index (κ3) is 4.11. The molecular formula is C20H29N3O3. The van der Waals surface area contributed by atoms with Gasteiger partial charge in [-0.05, 0) is 43.0 Å². The largest absolute Gasteiger partial charge is 0.496 e. The van der Waals surface area contributed by atoms with Gasteiger partial charge in [-0.2, -0.15) is 0 Å². The summed E-state index contributed by atoms with van der Waals surface area (Å²) in [6.45, 7) is 4.37. The van der Waals surface area contributed by atoms with Crippen LogP contribution < -0.4 is 10.1 Å². The first-order chi connectivity index (χ1) is 12.6. The quantitative estimate of drug-likeness (QED) is 0.899. The molecule has 0 radical (unpaired) electrons. The predicted molar refractivity (Wildman–Crippen MR) is 101 cm³/mol. The minimum Gasteiger partial charge on any atom is -0.496 e. The van der Waals surface area contributed by atoms with Crippen LogP contribution in [0.1, 0.15) is 48.5 Å². The van der Waals surface area contributed by atoms with Gasteiger partial charge in [-0.3, -0.25) is 4.79 Å². The molecule has 1 N–H and O–H groups in total. The fraction of sp³-hybridized carbons (Fsp3) is 0.600. The Morgan fingerprint density at radius 1 is 1.12 bits per heavy atom. The first kappa shape index (κ1) is 18.5. The van der Waals surface area contributed by atoms with Crippen molar-refractivity contribution in [2.24, 2.45) is 0 Å². The Morgan fingerprint density at radius 3 is 2.38 bits per heavy atom. The molecular weight excluding hydrogens is 330 g/mol. The zero-order chi connectivity index (χ0) is 18.5. The molecule has 3 amide bonds. The van der Waals surface area contributed by atoms with Crippen molar-refractivity contribution in [3.8, 4) is 5.75 Å². The number of hydrogen-bond acceptors (Lipinski definition) is 3. The summed E-state index contributed by atoms with van der Waals surface area (Å²) in [5, 5.41) is 3.12. The summed E-state index contributed by atoms with van der Waals surface area (Å²) in [6, 6.07) is 5.94. The molecule has 2 aliphatic rings. The van der Waals surface area contributed by atoms with Crippen LogP contribution in [0.3, 0.4) is 0 Å². The van der Waals surface area contributed by atoms with E-state index in [1.165, 1.54) is 12.8 Å². The summed E-state index contributed by atoms with van der Waals surface area (Å²) in [6.07, 6.45) is 5.39. The average molecular weight is 359 g/mol. The highest BCUT2D eigenvalue weighted by Crippen LogP contribution is 2.22. The van der Waals surface area contributed by atoms with E-state index in [4.69, 9.17) is 4.74 Å². The van der Waals surface area contributed by atoms with Crippen LogP contribution in [0.5, 0.6) is 5.75 Å². The van der Waals surface area contributed by atoms with Crippen molar-refractivity contribution in [2.75, 3.05) is 33.3 Å². The molecule has 0 aromatic heterocycles. The van der Waals surface area contributed by atoms with E-state index in [2.05, 4.69) is 5.32 Å². The number of carbonyl (C=O) groups is 2. The molecule has 1 saturated carbocycles. The second-order valence-electron chi connectivity index (χ2n) is 7.09. The lowest BCUT2D eigenvalue weighted by molar-refractivity contribution is 0.0663. The van der Waals surface area contributed by atoms with Crippen LogP contribution in [0.2, 0.25) is 0 Å². The van der Waals surface area contributed by atoms with Gasteiger partial charge in [0.2, 0.25) is 0 Å². The third-order valence-electron chi connectivity index (χ3n) is 5.45. The number of methoxy groups -OCH3 is 1. The van der Waals surface area contributed by atoms with Crippen LogP contribution in [0, 0.1) is 0 Å². The zero-order valence-corrected chi connectivity index (χ0v) is 15.8. The van der Waals surface area contributed by atoms with E-state index in [1.807, 2.05) is 34.9 Å². The van der Waals surface area contributed by atoms with E-state index in [0.717, 1.165) is 30.6 Å². The summed E-state index contributed by atoms with van der Waals surface area (Å²) in [5.74, 6) is 0.843. The average Bonchev–Trinajstić information content (AvgIpc) is 3.20. The number of nitrogens with one attached hydrogen (secondary N) is 1. The van der Waals surface area contributed by atoms with Crippen molar-refractivity contribution in [3.63, 3.8) is 0 Å². The maximum atomic E-state index is 12.8. The molecule has 142 valence electrons. The number of nitrogens with zero attached hydrogens (tertiary/aromatic N) is 2. The summed E-state index contributed by atoms with van der Waals surface area (Å²) >= 11 is 0.